The molecule has 0 unspecified atom stereocenters. The van der Waals surface area contributed by atoms with E-state index in [4.69, 9.17) is 9.47 Å². The summed E-state index contributed by atoms with van der Waals surface area (Å²) in [6.45, 7) is 0. The van der Waals surface area contributed by atoms with Gasteiger partial charge in [-0.25, -0.2) is 9.59 Å². The minimum absolute atomic E-state index is 0.167. The normalized spacial score (nSPS) is 14.5. The number of methoxy groups -OCH3 is 2. The maximum atomic E-state index is 11.8. The molecule has 1 aromatic carbocycles. The van der Waals surface area contributed by atoms with Gasteiger partial charge in [-0.1, -0.05) is 6.07 Å². The third-order valence-electron chi connectivity index (χ3n) is 2.74. The second-order valence-electron chi connectivity index (χ2n) is 3.96. The monoisotopic (exact) mass is 280 g/mol. The lowest BCUT2D eigenvalue weighted by atomic mass is 10.1. The predicted molar refractivity (Wildman–Crippen MR) is 64.2 cm³/mol. The van der Waals surface area contributed by atoms with Crippen LogP contribution in [0.25, 0.3) is 0 Å². The summed E-state index contributed by atoms with van der Waals surface area (Å²) >= 11 is 0. The molecule has 20 heavy (non-hydrogen) atoms. The van der Waals surface area contributed by atoms with Crippen LogP contribution in [0, 0.1) is 0 Å². The zero-order chi connectivity index (χ0) is 14.8. The van der Waals surface area contributed by atoms with Crippen LogP contribution in [-0.4, -0.2) is 38.2 Å². The van der Waals surface area contributed by atoms with Crippen molar-refractivity contribution in [1.82, 2.24) is 0 Å². The Kier molecular flexibility index (Phi) is 3.60. The number of fused-ring (bicyclic) bond motifs is 1. The molecule has 0 spiro atoms. The van der Waals surface area contributed by atoms with Crippen LogP contribution in [0.2, 0.25) is 0 Å². The molecule has 1 aromatic rings. The highest BCUT2D eigenvalue weighted by Gasteiger charge is 2.59. The number of benzene rings is 1. The lowest BCUT2D eigenvalue weighted by Gasteiger charge is -2.21. The third-order valence-corrected chi connectivity index (χ3v) is 2.74. The molecule has 1 aliphatic heterocycles. The molecule has 0 bridgehead atoms. The first-order valence-electron chi connectivity index (χ1n) is 5.69. The first kappa shape index (κ1) is 13.9. The topological polar surface area (TPSA) is 88.1 Å². The summed E-state index contributed by atoms with van der Waals surface area (Å²) < 4.78 is 19.6. The zero-order valence-electron chi connectivity index (χ0n) is 10.9. The molecule has 2 rings (SSSR count). The van der Waals surface area contributed by atoms with Crippen molar-refractivity contribution >= 4 is 18.2 Å². The van der Waals surface area contributed by atoms with Crippen molar-refractivity contribution in [2.45, 2.75) is 12.2 Å². The summed E-state index contributed by atoms with van der Waals surface area (Å²) in [4.78, 5) is 34.1. The molecular weight excluding hydrogens is 268 g/mol. The van der Waals surface area contributed by atoms with Crippen LogP contribution < -0.4 is 9.47 Å². The molecule has 0 radical (unpaired) electrons. The highest BCUT2D eigenvalue weighted by Crippen LogP contribution is 2.41. The lowest BCUT2D eigenvalue weighted by molar-refractivity contribution is -0.199. The van der Waals surface area contributed by atoms with Gasteiger partial charge < -0.3 is 23.7 Å². The number of carbonyl (C=O) groups is 3. The van der Waals surface area contributed by atoms with Crippen molar-refractivity contribution in [3.8, 4) is 11.5 Å². The van der Waals surface area contributed by atoms with Gasteiger partial charge in [0.15, 0.2) is 11.5 Å². The van der Waals surface area contributed by atoms with Crippen LogP contribution in [0.5, 0.6) is 11.5 Å². The molecule has 1 aliphatic rings. The van der Waals surface area contributed by atoms with Gasteiger partial charge in [0.1, 0.15) is 6.29 Å². The SMILES string of the molecule is COC(=O)C1(C(=O)OC)Oc2ccc(CC=O)cc2O1. The molecule has 0 fully saturated rings. The Hall–Kier alpha value is -2.57. The molecule has 1 heterocycles. The molecular formula is C13H12O7. The predicted octanol–water partition coefficient (Wildman–Crippen LogP) is 0.241. The van der Waals surface area contributed by atoms with E-state index in [9.17, 15) is 14.4 Å². The molecule has 106 valence electrons. The van der Waals surface area contributed by atoms with E-state index in [-0.39, 0.29) is 17.9 Å². The van der Waals surface area contributed by atoms with Crippen molar-refractivity contribution in [3.63, 3.8) is 0 Å². The van der Waals surface area contributed by atoms with E-state index >= 15 is 0 Å². The van der Waals surface area contributed by atoms with E-state index in [1.165, 1.54) is 12.1 Å². The van der Waals surface area contributed by atoms with Crippen LogP contribution in [0.1, 0.15) is 5.56 Å². The quantitative estimate of drug-likeness (QED) is 0.443. The Morgan fingerprint density at radius 3 is 2.30 bits per heavy atom. The fourth-order valence-electron chi connectivity index (χ4n) is 1.79. The maximum absolute atomic E-state index is 11.8. The standard InChI is InChI=1S/C13H12O7/c1-17-11(15)13(12(16)18-2)19-9-4-3-8(5-6-14)7-10(9)20-13/h3-4,6-7H,5H2,1-2H3. The average Bonchev–Trinajstić information content (AvgIpc) is 2.85. The highest BCUT2D eigenvalue weighted by atomic mass is 16.8. The highest BCUT2D eigenvalue weighted by molar-refractivity contribution is 6.03. The van der Waals surface area contributed by atoms with Crippen LogP contribution in [0.3, 0.4) is 0 Å². The molecule has 0 atom stereocenters. The van der Waals surface area contributed by atoms with Crippen molar-refractivity contribution in [1.29, 1.82) is 0 Å². The van der Waals surface area contributed by atoms with E-state index < -0.39 is 17.7 Å². The van der Waals surface area contributed by atoms with Gasteiger partial charge in [-0.15, -0.1) is 0 Å². The van der Waals surface area contributed by atoms with Crippen LogP contribution >= 0.6 is 0 Å². The Bertz CT molecular complexity index is 548. The van der Waals surface area contributed by atoms with Crippen molar-refractivity contribution in [2.75, 3.05) is 14.2 Å². The number of carbonyl (C=O) groups excluding carboxylic acids is 3. The van der Waals surface area contributed by atoms with Crippen LogP contribution in [0.15, 0.2) is 18.2 Å². The molecule has 0 saturated carbocycles. The Morgan fingerprint density at radius 2 is 1.75 bits per heavy atom. The van der Waals surface area contributed by atoms with E-state index in [0.29, 0.717) is 5.56 Å². The summed E-state index contributed by atoms with van der Waals surface area (Å²) in [5.41, 5.74) is 0.660. The molecule has 0 saturated heterocycles. The Morgan fingerprint density at radius 1 is 1.15 bits per heavy atom. The van der Waals surface area contributed by atoms with E-state index in [1.807, 2.05) is 0 Å². The van der Waals surface area contributed by atoms with Crippen molar-refractivity contribution in [2.24, 2.45) is 0 Å². The fourth-order valence-corrected chi connectivity index (χ4v) is 1.79. The Labute approximate surface area is 114 Å². The first-order chi connectivity index (χ1) is 9.57. The van der Waals surface area contributed by atoms with Gasteiger partial charge in [-0.3, -0.25) is 0 Å². The number of hydrogen-bond donors (Lipinski definition) is 0. The van der Waals surface area contributed by atoms with Gasteiger partial charge in [0, 0.05) is 6.42 Å². The maximum Gasteiger partial charge on any atom is 0.453 e. The smallest absolute Gasteiger partial charge is 0.453 e. The van der Waals surface area contributed by atoms with E-state index in [1.54, 1.807) is 6.07 Å². The number of ether oxygens (including phenoxy) is 4. The molecule has 0 aliphatic carbocycles. The van der Waals surface area contributed by atoms with Crippen molar-refractivity contribution < 1.29 is 33.3 Å². The Balaban J connectivity index is 2.39. The van der Waals surface area contributed by atoms with Gasteiger partial charge in [-0.2, -0.15) is 0 Å². The molecule has 0 amide bonds. The molecule has 0 N–H and O–H groups in total. The molecule has 7 nitrogen and oxygen atoms in total. The second-order valence-corrected chi connectivity index (χ2v) is 3.96. The number of hydrogen-bond acceptors (Lipinski definition) is 7. The second kappa shape index (κ2) is 5.20. The fraction of sp³-hybridized carbons (Fsp3) is 0.308. The summed E-state index contributed by atoms with van der Waals surface area (Å²) in [7, 11) is 2.20. The van der Waals surface area contributed by atoms with Gasteiger partial charge in [0.25, 0.3) is 0 Å². The molecule has 0 aromatic heterocycles. The average molecular weight is 280 g/mol. The third kappa shape index (κ3) is 2.07. The summed E-state index contributed by atoms with van der Waals surface area (Å²) in [6, 6.07) is 4.64. The van der Waals surface area contributed by atoms with Gasteiger partial charge in [0.05, 0.1) is 14.2 Å². The van der Waals surface area contributed by atoms with Gasteiger partial charge in [0.2, 0.25) is 0 Å². The number of aldehydes is 1. The van der Waals surface area contributed by atoms with E-state index in [0.717, 1.165) is 20.5 Å². The summed E-state index contributed by atoms with van der Waals surface area (Å²) in [5, 5.41) is 0. The van der Waals surface area contributed by atoms with Crippen LogP contribution in [0.4, 0.5) is 0 Å². The summed E-state index contributed by atoms with van der Waals surface area (Å²) in [6.07, 6.45) is 0.908. The van der Waals surface area contributed by atoms with E-state index in [2.05, 4.69) is 9.47 Å². The summed E-state index contributed by atoms with van der Waals surface area (Å²) in [5.74, 6) is -4.00. The van der Waals surface area contributed by atoms with Gasteiger partial charge >= 0.3 is 17.7 Å². The number of esters is 2. The zero-order valence-corrected chi connectivity index (χ0v) is 10.9. The van der Waals surface area contributed by atoms with Crippen molar-refractivity contribution in [3.05, 3.63) is 23.8 Å². The number of rotatable bonds is 4. The first-order valence-corrected chi connectivity index (χ1v) is 5.69. The minimum atomic E-state index is -2.30. The molecule has 7 heteroatoms. The lowest BCUT2D eigenvalue weighted by Crippen LogP contribution is -2.55. The van der Waals surface area contributed by atoms with Crippen LogP contribution in [-0.2, 0) is 30.3 Å². The van der Waals surface area contributed by atoms with Gasteiger partial charge in [-0.05, 0) is 17.7 Å². The largest absolute Gasteiger partial charge is 0.463 e. The minimum Gasteiger partial charge on any atom is -0.463 e.